The molecule has 128 valence electrons. The van der Waals surface area contributed by atoms with Crippen LogP contribution in [0.15, 0.2) is 77.2 Å². The fourth-order valence-electron chi connectivity index (χ4n) is 2.44. The van der Waals surface area contributed by atoms with Crippen LogP contribution in [0.25, 0.3) is 4.96 Å². The number of rotatable bonds is 4. The third-order valence-corrected chi connectivity index (χ3v) is 4.46. The molecule has 4 rings (SSSR count). The van der Waals surface area contributed by atoms with Gasteiger partial charge in [-0.1, -0.05) is 30.3 Å². The lowest BCUT2D eigenvalue weighted by Gasteiger charge is -2.12. The van der Waals surface area contributed by atoms with Gasteiger partial charge in [0.2, 0.25) is 0 Å². The Balaban J connectivity index is 1.63. The van der Waals surface area contributed by atoms with Gasteiger partial charge in [0.05, 0.1) is 5.69 Å². The van der Waals surface area contributed by atoms with Crippen molar-refractivity contribution in [2.45, 2.75) is 0 Å². The summed E-state index contributed by atoms with van der Waals surface area (Å²) < 4.78 is 7.18. The Labute approximate surface area is 152 Å². The molecule has 0 bridgehead atoms. The molecule has 6 nitrogen and oxygen atoms in total. The minimum absolute atomic E-state index is 0.0320. The number of amides is 1. The molecule has 0 atom stereocenters. The van der Waals surface area contributed by atoms with Gasteiger partial charge in [0.15, 0.2) is 10.7 Å². The first-order chi connectivity index (χ1) is 12.7. The minimum atomic E-state index is -0.535. The summed E-state index contributed by atoms with van der Waals surface area (Å²) >= 11 is 1.33. The third kappa shape index (κ3) is 3.07. The Morgan fingerprint density at radius 1 is 1.08 bits per heavy atom. The lowest BCUT2D eigenvalue weighted by atomic mass is 10.2. The fraction of sp³-hybridized carbons (Fsp3) is 0. The zero-order chi connectivity index (χ0) is 17.9. The SMILES string of the molecule is O=C(Nc1ccccc1Oc1ccccc1)c1cnc2sccn2c1=O. The summed E-state index contributed by atoms with van der Waals surface area (Å²) in [4.78, 5) is 29.7. The predicted molar refractivity (Wildman–Crippen MR) is 100 cm³/mol. The molecular formula is C19H13N3O3S. The van der Waals surface area contributed by atoms with E-state index in [4.69, 9.17) is 4.74 Å². The van der Waals surface area contributed by atoms with Gasteiger partial charge in [-0.25, -0.2) is 4.98 Å². The molecule has 0 saturated heterocycles. The summed E-state index contributed by atoms with van der Waals surface area (Å²) in [6.07, 6.45) is 2.89. The van der Waals surface area contributed by atoms with E-state index in [9.17, 15) is 9.59 Å². The van der Waals surface area contributed by atoms with E-state index in [0.29, 0.717) is 22.1 Å². The Bertz CT molecular complexity index is 1140. The molecule has 4 aromatic rings. The second-order valence-electron chi connectivity index (χ2n) is 5.40. The van der Waals surface area contributed by atoms with Crippen LogP contribution >= 0.6 is 11.3 Å². The average molecular weight is 363 g/mol. The summed E-state index contributed by atoms with van der Waals surface area (Å²) in [6, 6.07) is 16.3. The van der Waals surface area contributed by atoms with Crippen LogP contribution in [0.4, 0.5) is 5.69 Å². The maximum atomic E-state index is 12.6. The average Bonchev–Trinajstić information content (AvgIpc) is 3.14. The maximum Gasteiger partial charge on any atom is 0.271 e. The molecule has 0 aliphatic rings. The quantitative estimate of drug-likeness (QED) is 0.599. The maximum absolute atomic E-state index is 12.6. The van der Waals surface area contributed by atoms with Crippen molar-refractivity contribution >= 4 is 27.9 Å². The van der Waals surface area contributed by atoms with E-state index < -0.39 is 11.5 Å². The first-order valence-corrected chi connectivity index (χ1v) is 8.68. The monoisotopic (exact) mass is 363 g/mol. The number of thiazole rings is 1. The summed E-state index contributed by atoms with van der Waals surface area (Å²) in [6.45, 7) is 0. The smallest absolute Gasteiger partial charge is 0.271 e. The van der Waals surface area contributed by atoms with Crippen molar-refractivity contribution in [1.29, 1.82) is 0 Å². The van der Waals surface area contributed by atoms with Crippen molar-refractivity contribution in [3.63, 3.8) is 0 Å². The van der Waals surface area contributed by atoms with Crippen molar-refractivity contribution < 1.29 is 9.53 Å². The van der Waals surface area contributed by atoms with Gasteiger partial charge in [-0.2, -0.15) is 0 Å². The van der Waals surface area contributed by atoms with Crippen molar-refractivity contribution in [2.24, 2.45) is 0 Å². The van der Waals surface area contributed by atoms with E-state index >= 15 is 0 Å². The van der Waals surface area contributed by atoms with E-state index in [2.05, 4.69) is 10.3 Å². The molecule has 2 aromatic carbocycles. The van der Waals surface area contributed by atoms with E-state index in [0.717, 1.165) is 0 Å². The number of anilines is 1. The molecule has 0 aliphatic carbocycles. The normalized spacial score (nSPS) is 10.6. The number of benzene rings is 2. The minimum Gasteiger partial charge on any atom is -0.455 e. The van der Waals surface area contributed by atoms with Crippen LogP contribution in [-0.4, -0.2) is 15.3 Å². The van der Waals surface area contributed by atoms with Crippen molar-refractivity contribution in [3.8, 4) is 11.5 Å². The number of nitrogens with zero attached hydrogens (tertiary/aromatic N) is 2. The Hall–Kier alpha value is -3.45. The topological polar surface area (TPSA) is 72.7 Å². The Kier molecular flexibility index (Phi) is 4.20. The largest absolute Gasteiger partial charge is 0.455 e. The van der Waals surface area contributed by atoms with Crippen LogP contribution in [0.5, 0.6) is 11.5 Å². The van der Waals surface area contributed by atoms with Crippen LogP contribution in [0.1, 0.15) is 10.4 Å². The molecule has 0 fully saturated rings. The summed E-state index contributed by atoms with van der Waals surface area (Å²) in [5, 5.41) is 4.48. The molecule has 2 heterocycles. The van der Waals surface area contributed by atoms with Gasteiger partial charge in [-0.3, -0.25) is 14.0 Å². The first-order valence-electron chi connectivity index (χ1n) is 7.80. The van der Waals surface area contributed by atoms with Crippen LogP contribution in [0.3, 0.4) is 0 Å². The fourth-order valence-corrected chi connectivity index (χ4v) is 3.12. The number of fused-ring (bicyclic) bond motifs is 1. The molecule has 0 radical (unpaired) electrons. The lowest BCUT2D eigenvalue weighted by Crippen LogP contribution is -2.25. The van der Waals surface area contributed by atoms with Gasteiger partial charge in [0, 0.05) is 17.8 Å². The zero-order valence-corrected chi connectivity index (χ0v) is 14.3. The number of hydrogen-bond acceptors (Lipinski definition) is 5. The Morgan fingerprint density at radius 3 is 2.69 bits per heavy atom. The van der Waals surface area contributed by atoms with Crippen LogP contribution in [0.2, 0.25) is 0 Å². The number of hydrogen-bond donors (Lipinski definition) is 1. The second kappa shape index (κ2) is 6.81. The molecule has 0 spiro atoms. The van der Waals surface area contributed by atoms with Gasteiger partial charge in [0.25, 0.3) is 11.5 Å². The number of carbonyl (C=O) groups is 1. The van der Waals surface area contributed by atoms with Gasteiger partial charge < -0.3 is 10.1 Å². The summed E-state index contributed by atoms with van der Waals surface area (Å²) in [7, 11) is 0. The molecular weight excluding hydrogens is 350 g/mol. The summed E-state index contributed by atoms with van der Waals surface area (Å²) in [5.41, 5.74) is 0.0294. The molecule has 0 saturated carbocycles. The standard InChI is InChI=1S/C19H13N3O3S/c23-17(14-12-20-19-22(18(14)24)10-11-26-19)21-15-8-4-5-9-16(15)25-13-6-2-1-3-7-13/h1-12H,(H,21,23). The van der Waals surface area contributed by atoms with E-state index in [-0.39, 0.29) is 5.56 Å². The van der Waals surface area contributed by atoms with Gasteiger partial charge in [-0.05, 0) is 24.3 Å². The van der Waals surface area contributed by atoms with Crippen LogP contribution < -0.4 is 15.6 Å². The van der Waals surface area contributed by atoms with Gasteiger partial charge in [-0.15, -0.1) is 11.3 Å². The number of para-hydroxylation sites is 3. The second-order valence-corrected chi connectivity index (χ2v) is 6.27. The van der Waals surface area contributed by atoms with Crippen molar-refractivity contribution in [2.75, 3.05) is 5.32 Å². The lowest BCUT2D eigenvalue weighted by molar-refractivity contribution is 0.102. The van der Waals surface area contributed by atoms with E-state index in [1.165, 1.54) is 21.9 Å². The molecule has 1 amide bonds. The van der Waals surface area contributed by atoms with Gasteiger partial charge in [0.1, 0.15) is 11.3 Å². The van der Waals surface area contributed by atoms with Crippen molar-refractivity contribution in [1.82, 2.24) is 9.38 Å². The molecule has 7 heteroatoms. The van der Waals surface area contributed by atoms with Crippen LogP contribution in [0, 0.1) is 0 Å². The highest BCUT2D eigenvalue weighted by Crippen LogP contribution is 2.29. The summed E-state index contributed by atoms with van der Waals surface area (Å²) in [5.74, 6) is 0.597. The number of aromatic nitrogens is 2. The highest BCUT2D eigenvalue weighted by atomic mass is 32.1. The highest BCUT2D eigenvalue weighted by Gasteiger charge is 2.16. The number of carbonyl (C=O) groups excluding carboxylic acids is 1. The Morgan fingerprint density at radius 2 is 1.85 bits per heavy atom. The van der Waals surface area contributed by atoms with E-state index in [1.807, 2.05) is 36.4 Å². The molecule has 0 aliphatic heterocycles. The van der Waals surface area contributed by atoms with Gasteiger partial charge >= 0.3 is 0 Å². The third-order valence-electron chi connectivity index (χ3n) is 3.69. The molecule has 26 heavy (non-hydrogen) atoms. The van der Waals surface area contributed by atoms with Crippen molar-refractivity contribution in [3.05, 3.63) is 88.3 Å². The first kappa shape index (κ1) is 16.0. The number of ether oxygens (including phenoxy) is 1. The van der Waals surface area contributed by atoms with E-state index in [1.54, 1.807) is 29.8 Å². The highest BCUT2D eigenvalue weighted by molar-refractivity contribution is 7.15. The molecule has 2 aromatic heterocycles. The molecule has 1 N–H and O–H groups in total. The zero-order valence-electron chi connectivity index (χ0n) is 13.5. The van der Waals surface area contributed by atoms with Crippen LogP contribution in [-0.2, 0) is 0 Å². The predicted octanol–water partition coefficient (Wildman–Crippen LogP) is 3.80. The molecule has 0 unspecified atom stereocenters. The number of nitrogens with one attached hydrogen (secondary N) is 1.